The largest absolute Gasteiger partial charge is 0.368 e. The molecule has 0 aliphatic rings. The molecule has 8 heteroatoms. The fourth-order valence-electron chi connectivity index (χ4n) is 2.17. The van der Waals surface area contributed by atoms with Crippen molar-refractivity contribution in [3.63, 3.8) is 0 Å². The SMILES string of the molecule is CSCCNC(=O)c1sc2ncnc(NCCN(C)C)c2c1C. The molecule has 0 aliphatic heterocycles. The van der Waals surface area contributed by atoms with Crippen LogP contribution in [-0.2, 0) is 0 Å². The van der Waals surface area contributed by atoms with Gasteiger partial charge in [-0.05, 0) is 32.8 Å². The van der Waals surface area contributed by atoms with Crippen molar-refractivity contribution < 1.29 is 4.79 Å². The van der Waals surface area contributed by atoms with Gasteiger partial charge >= 0.3 is 0 Å². The Morgan fingerprint density at radius 2 is 2.13 bits per heavy atom. The summed E-state index contributed by atoms with van der Waals surface area (Å²) in [4.78, 5) is 24.7. The first kappa shape index (κ1) is 18.0. The van der Waals surface area contributed by atoms with Crippen molar-refractivity contribution >= 4 is 45.0 Å². The van der Waals surface area contributed by atoms with Crippen LogP contribution < -0.4 is 10.6 Å². The first-order valence-corrected chi connectivity index (χ1v) is 9.65. The highest BCUT2D eigenvalue weighted by Gasteiger charge is 2.18. The second-order valence-corrected chi connectivity index (χ2v) is 7.42. The zero-order valence-corrected chi connectivity index (χ0v) is 15.6. The number of carbonyl (C=O) groups is 1. The maximum Gasteiger partial charge on any atom is 0.261 e. The van der Waals surface area contributed by atoms with Crippen LogP contribution in [0.4, 0.5) is 5.82 Å². The van der Waals surface area contributed by atoms with Crippen LogP contribution in [0.25, 0.3) is 10.2 Å². The molecule has 0 aliphatic carbocycles. The molecule has 0 saturated carbocycles. The number of likely N-dealkylation sites (N-methyl/N-ethyl adjacent to an activating group) is 1. The molecule has 0 saturated heterocycles. The number of hydrogen-bond acceptors (Lipinski definition) is 7. The van der Waals surface area contributed by atoms with Crippen molar-refractivity contribution in [3.8, 4) is 0 Å². The summed E-state index contributed by atoms with van der Waals surface area (Å²) < 4.78 is 0. The number of anilines is 1. The minimum absolute atomic E-state index is 0.0289. The molecule has 0 fully saturated rings. The minimum Gasteiger partial charge on any atom is -0.368 e. The van der Waals surface area contributed by atoms with Crippen molar-refractivity contribution in [3.05, 3.63) is 16.8 Å². The highest BCUT2D eigenvalue weighted by atomic mass is 32.2. The van der Waals surface area contributed by atoms with Crippen molar-refractivity contribution in [1.82, 2.24) is 20.2 Å². The van der Waals surface area contributed by atoms with E-state index in [0.29, 0.717) is 6.54 Å². The van der Waals surface area contributed by atoms with E-state index in [1.807, 2.05) is 27.3 Å². The Hall–Kier alpha value is -1.38. The number of nitrogens with zero attached hydrogens (tertiary/aromatic N) is 3. The summed E-state index contributed by atoms with van der Waals surface area (Å²) in [5.41, 5.74) is 0.944. The van der Waals surface area contributed by atoms with Crippen LogP contribution in [-0.4, -0.2) is 66.5 Å². The second kappa shape index (κ2) is 8.47. The van der Waals surface area contributed by atoms with Gasteiger partial charge in [0.2, 0.25) is 0 Å². The number of carbonyl (C=O) groups excluding carboxylic acids is 1. The Morgan fingerprint density at radius 3 is 2.83 bits per heavy atom. The first-order chi connectivity index (χ1) is 11.0. The lowest BCUT2D eigenvalue weighted by molar-refractivity contribution is 0.0960. The summed E-state index contributed by atoms with van der Waals surface area (Å²) in [6, 6.07) is 0. The number of thiophene rings is 1. The van der Waals surface area contributed by atoms with Gasteiger partial charge in [-0.15, -0.1) is 11.3 Å². The van der Waals surface area contributed by atoms with E-state index in [1.54, 1.807) is 18.1 Å². The minimum atomic E-state index is -0.0289. The molecule has 0 aromatic carbocycles. The van der Waals surface area contributed by atoms with Crippen LogP contribution in [0.5, 0.6) is 0 Å². The summed E-state index contributed by atoms with van der Waals surface area (Å²) in [6.45, 7) is 4.34. The zero-order chi connectivity index (χ0) is 16.8. The zero-order valence-electron chi connectivity index (χ0n) is 14.0. The number of aryl methyl sites for hydroxylation is 1. The molecule has 0 atom stereocenters. The van der Waals surface area contributed by atoms with Crippen molar-refractivity contribution in [1.29, 1.82) is 0 Å². The maximum absolute atomic E-state index is 12.3. The van der Waals surface area contributed by atoms with Gasteiger partial charge in [-0.25, -0.2) is 9.97 Å². The summed E-state index contributed by atoms with van der Waals surface area (Å²) >= 11 is 3.14. The van der Waals surface area contributed by atoms with Gasteiger partial charge in [0, 0.05) is 25.4 Å². The van der Waals surface area contributed by atoms with Gasteiger partial charge in [-0.2, -0.15) is 11.8 Å². The van der Waals surface area contributed by atoms with Crippen LogP contribution >= 0.6 is 23.1 Å². The molecule has 126 valence electrons. The third kappa shape index (κ3) is 4.55. The van der Waals surface area contributed by atoms with Gasteiger partial charge in [0.25, 0.3) is 5.91 Å². The molecular formula is C15H23N5OS2. The quantitative estimate of drug-likeness (QED) is 0.708. The third-order valence-corrected chi connectivity index (χ3v) is 5.19. The van der Waals surface area contributed by atoms with Crippen molar-refractivity contribution in [2.45, 2.75) is 6.92 Å². The average Bonchev–Trinajstić information content (AvgIpc) is 2.85. The number of aromatic nitrogens is 2. The number of amides is 1. The Morgan fingerprint density at radius 1 is 1.35 bits per heavy atom. The normalized spacial score (nSPS) is 11.2. The molecular weight excluding hydrogens is 330 g/mol. The molecule has 2 aromatic rings. The molecule has 0 unspecified atom stereocenters. The van der Waals surface area contributed by atoms with E-state index in [2.05, 4.69) is 25.5 Å². The summed E-state index contributed by atoms with van der Waals surface area (Å²) in [5, 5.41) is 7.25. The summed E-state index contributed by atoms with van der Waals surface area (Å²) in [5.74, 6) is 1.68. The van der Waals surface area contributed by atoms with E-state index in [-0.39, 0.29) is 5.91 Å². The molecule has 0 radical (unpaired) electrons. The van der Waals surface area contributed by atoms with E-state index in [9.17, 15) is 4.79 Å². The molecule has 1 amide bonds. The molecule has 2 heterocycles. The Kier molecular flexibility index (Phi) is 6.61. The Labute approximate surface area is 145 Å². The number of fused-ring (bicyclic) bond motifs is 1. The lowest BCUT2D eigenvalue weighted by atomic mass is 10.2. The lowest BCUT2D eigenvalue weighted by Crippen LogP contribution is -2.25. The Balaban J connectivity index is 2.22. The third-order valence-electron chi connectivity index (χ3n) is 3.38. The fraction of sp³-hybridized carbons (Fsp3) is 0.533. The average molecular weight is 354 g/mol. The van der Waals surface area contributed by atoms with Gasteiger partial charge in [0.05, 0.1) is 10.3 Å². The van der Waals surface area contributed by atoms with E-state index >= 15 is 0 Å². The van der Waals surface area contributed by atoms with Crippen molar-refractivity contribution in [2.75, 3.05) is 51.1 Å². The molecule has 6 nitrogen and oxygen atoms in total. The number of hydrogen-bond donors (Lipinski definition) is 2. The molecule has 23 heavy (non-hydrogen) atoms. The Bertz CT molecular complexity index is 671. The van der Waals surface area contributed by atoms with Gasteiger partial charge in [0.1, 0.15) is 17.0 Å². The van der Waals surface area contributed by atoms with Crippen LogP contribution in [0.1, 0.15) is 15.2 Å². The molecule has 0 spiro atoms. The smallest absolute Gasteiger partial charge is 0.261 e. The predicted molar refractivity (Wildman–Crippen MR) is 99.9 cm³/mol. The second-order valence-electron chi connectivity index (χ2n) is 5.44. The van der Waals surface area contributed by atoms with E-state index in [0.717, 1.165) is 45.3 Å². The number of nitrogens with one attached hydrogen (secondary N) is 2. The van der Waals surface area contributed by atoms with E-state index < -0.39 is 0 Å². The van der Waals surface area contributed by atoms with E-state index in [4.69, 9.17) is 0 Å². The van der Waals surface area contributed by atoms with Gasteiger partial charge in [-0.1, -0.05) is 0 Å². The molecule has 2 N–H and O–H groups in total. The van der Waals surface area contributed by atoms with Crippen LogP contribution in [0, 0.1) is 6.92 Å². The monoisotopic (exact) mass is 353 g/mol. The standard InChI is InChI=1S/C15H23N5OS2/c1-10-11-13(16-5-7-20(2)3)18-9-19-15(11)23-12(10)14(21)17-6-8-22-4/h9H,5-8H2,1-4H3,(H,17,21)(H,16,18,19). The van der Waals surface area contributed by atoms with Gasteiger partial charge in [0.15, 0.2) is 0 Å². The van der Waals surface area contributed by atoms with E-state index in [1.165, 1.54) is 11.3 Å². The summed E-state index contributed by atoms with van der Waals surface area (Å²) in [7, 11) is 4.06. The maximum atomic E-state index is 12.3. The summed E-state index contributed by atoms with van der Waals surface area (Å²) in [6.07, 6.45) is 3.57. The first-order valence-electron chi connectivity index (χ1n) is 7.44. The highest BCUT2D eigenvalue weighted by molar-refractivity contribution is 7.98. The predicted octanol–water partition coefficient (Wildman–Crippen LogP) is 2.07. The van der Waals surface area contributed by atoms with Crippen molar-refractivity contribution in [2.24, 2.45) is 0 Å². The van der Waals surface area contributed by atoms with Crippen LogP contribution in [0.2, 0.25) is 0 Å². The lowest BCUT2D eigenvalue weighted by Gasteiger charge is -2.11. The fourth-order valence-corrected chi connectivity index (χ4v) is 3.54. The molecule has 2 aromatic heterocycles. The van der Waals surface area contributed by atoms with Crippen LogP contribution in [0.3, 0.4) is 0 Å². The van der Waals surface area contributed by atoms with Crippen LogP contribution in [0.15, 0.2) is 6.33 Å². The topological polar surface area (TPSA) is 70.1 Å². The van der Waals surface area contributed by atoms with Gasteiger partial charge in [-0.3, -0.25) is 4.79 Å². The molecule has 2 rings (SSSR count). The number of thioether (sulfide) groups is 1. The van der Waals surface area contributed by atoms with Gasteiger partial charge < -0.3 is 15.5 Å². The molecule has 0 bridgehead atoms. The highest BCUT2D eigenvalue weighted by Crippen LogP contribution is 2.33. The number of rotatable bonds is 8.